The summed E-state index contributed by atoms with van der Waals surface area (Å²) in [5.74, 6) is 1.91. The largest absolute Gasteiger partial charge is 0.460 e. The Morgan fingerprint density at radius 3 is 2.90 bits per heavy atom. The van der Waals surface area contributed by atoms with Crippen molar-refractivity contribution < 1.29 is 13.9 Å². The highest BCUT2D eigenvalue weighted by molar-refractivity contribution is 6.31. The molecule has 4 heterocycles. The molecule has 2 atom stereocenters. The lowest BCUT2D eigenvalue weighted by Gasteiger charge is -2.43. The summed E-state index contributed by atoms with van der Waals surface area (Å²) in [6, 6.07) is 16.7. The topological polar surface area (TPSA) is 67.1 Å². The zero-order chi connectivity index (χ0) is 19.8. The number of anilines is 1. The molecule has 0 bridgehead atoms. The minimum Gasteiger partial charge on any atom is -0.460 e. The van der Waals surface area contributed by atoms with Crippen LogP contribution in [0.1, 0.15) is 35.1 Å². The van der Waals surface area contributed by atoms with Crippen molar-refractivity contribution in [1.82, 2.24) is 5.01 Å². The van der Waals surface area contributed by atoms with Crippen molar-refractivity contribution in [2.24, 2.45) is 5.10 Å². The van der Waals surface area contributed by atoms with Crippen LogP contribution in [0.4, 0.5) is 5.69 Å². The maximum atomic E-state index is 13.3. The standard InChI is InChI=1S/C22H16ClN3O3/c1-12-6-9-20(28-12)17-11-18-14-4-2-3-5-19(14)29-22(26(18)25-17)15-10-13(23)7-8-16(15)24-21(22)27/h2-10,18H,11H2,1H3,(H,24,27)/t18-,22+/m1/s1. The molecule has 0 saturated carbocycles. The van der Waals surface area contributed by atoms with E-state index in [-0.39, 0.29) is 11.9 Å². The second-order valence-corrected chi connectivity index (χ2v) is 7.89. The molecule has 1 aromatic heterocycles. The van der Waals surface area contributed by atoms with Crippen LogP contribution in [-0.4, -0.2) is 16.6 Å². The number of hydrogen-bond donors (Lipinski definition) is 1. The quantitative estimate of drug-likeness (QED) is 0.643. The molecule has 1 N–H and O–H groups in total. The molecule has 0 unspecified atom stereocenters. The number of ether oxygens (including phenoxy) is 1. The molecule has 1 spiro atoms. The second kappa shape index (κ2) is 5.64. The van der Waals surface area contributed by atoms with Crippen LogP contribution in [0.5, 0.6) is 5.75 Å². The first-order valence-electron chi connectivity index (χ1n) is 9.39. The Bertz CT molecular complexity index is 1220. The molecule has 3 aromatic rings. The maximum Gasteiger partial charge on any atom is 0.306 e. The van der Waals surface area contributed by atoms with Crippen molar-refractivity contribution in [3.8, 4) is 5.75 Å². The second-order valence-electron chi connectivity index (χ2n) is 7.45. The molecule has 3 aliphatic heterocycles. The summed E-state index contributed by atoms with van der Waals surface area (Å²) in [5, 5.41) is 10.1. The van der Waals surface area contributed by atoms with Gasteiger partial charge in [-0.1, -0.05) is 29.8 Å². The van der Waals surface area contributed by atoms with Gasteiger partial charge in [0.1, 0.15) is 23.0 Å². The van der Waals surface area contributed by atoms with Crippen molar-refractivity contribution >= 4 is 28.9 Å². The van der Waals surface area contributed by atoms with Gasteiger partial charge in [0.25, 0.3) is 5.91 Å². The van der Waals surface area contributed by atoms with E-state index in [1.807, 2.05) is 43.3 Å². The van der Waals surface area contributed by atoms with Crippen LogP contribution in [0, 0.1) is 6.92 Å². The van der Waals surface area contributed by atoms with Gasteiger partial charge in [0.05, 0.1) is 17.3 Å². The molecule has 0 radical (unpaired) electrons. The Morgan fingerprint density at radius 2 is 2.07 bits per heavy atom. The first-order valence-corrected chi connectivity index (χ1v) is 9.77. The third kappa shape index (κ3) is 2.17. The fourth-order valence-corrected chi connectivity index (χ4v) is 4.57. The number of nitrogens with one attached hydrogen (secondary N) is 1. The molecular formula is C22H16ClN3O3. The number of hydrazone groups is 1. The van der Waals surface area contributed by atoms with E-state index in [1.54, 1.807) is 23.2 Å². The van der Waals surface area contributed by atoms with Crippen LogP contribution in [0.25, 0.3) is 0 Å². The van der Waals surface area contributed by atoms with Crippen LogP contribution in [0.3, 0.4) is 0 Å². The highest BCUT2D eigenvalue weighted by Gasteiger charge is 2.61. The Labute approximate surface area is 171 Å². The van der Waals surface area contributed by atoms with Gasteiger partial charge in [0.2, 0.25) is 0 Å². The lowest BCUT2D eigenvalue weighted by atomic mass is 9.93. The number of amides is 1. The monoisotopic (exact) mass is 405 g/mol. The molecule has 6 rings (SSSR count). The Kier molecular flexibility index (Phi) is 3.24. The molecule has 7 heteroatoms. The van der Waals surface area contributed by atoms with E-state index < -0.39 is 5.72 Å². The number of aryl methyl sites for hydroxylation is 1. The number of furan rings is 1. The molecule has 0 aliphatic carbocycles. The van der Waals surface area contributed by atoms with E-state index in [0.29, 0.717) is 34.2 Å². The first-order chi connectivity index (χ1) is 14.1. The summed E-state index contributed by atoms with van der Waals surface area (Å²) in [6.07, 6.45) is 0.609. The number of benzene rings is 2. The summed E-state index contributed by atoms with van der Waals surface area (Å²) in [7, 11) is 0. The smallest absolute Gasteiger partial charge is 0.306 e. The number of halogens is 1. The molecule has 144 valence electrons. The Hall–Kier alpha value is -3.25. The van der Waals surface area contributed by atoms with Gasteiger partial charge in [-0.05, 0) is 43.3 Å². The number of carbonyl (C=O) groups excluding carboxylic acids is 1. The minimum atomic E-state index is -1.41. The van der Waals surface area contributed by atoms with Gasteiger partial charge < -0.3 is 14.5 Å². The van der Waals surface area contributed by atoms with E-state index in [0.717, 1.165) is 17.0 Å². The predicted molar refractivity (Wildman–Crippen MR) is 108 cm³/mol. The van der Waals surface area contributed by atoms with Crippen molar-refractivity contribution in [2.45, 2.75) is 25.1 Å². The molecule has 29 heavy (non-hydrogen) atoms. The van der Waals surface area contributed by atoms with Crippen LogP contribution >= 0.6 is 11.6 Å². The maximum absolute atomic E-state index is 13.3. The lowest BCUT2D eigenvalue weighted by molar-refractivity contribution is -0.161. The van der Waals surface area contributed by atoms with Gasteiger partial charge in [-0.25, -0.2) is 5.01 Å². The summed E-state index contributed by atoms with van der Waals surface area (Å²) < 4.78 is 12.2. The molecule has 1 amide bonds. The predicted octanol–water partition coefficient (Wildman–Crippen LogP) is 4.59. The van der Waals surface area contributed by atoms with Crippen molar-refractivity contribution in [1.29, 1.82) is 0 Å². The number of rotatable bonds is 1. The third-order valence-corrected chi connectivity index (χ3v) is 5.93. The fourth-order valence-electron chi connectivity index (χ4n) is 4.40. The number of para-hydroxylation sites is 1. The SMILES string of the molecule is Cc1ccc(C2=NN3[C@H](C2)c2ccccc2O[C@@]32C(=O)Nc3ccc(Cl)cc32)o1. The fraction of sp³-hybridized carbons (Fsp3) is 0.182. The third-order valence-electron chi connectivity index (χ3n) is 5.70. The zero-order valence-electron chi connectivity index (χ0n) is 15.5. The summed E-state index contributed by atoms with van der Waals surface area (Å²) >= 11 is 6.28. The summed E-state index contributed by atoms with van der Waals surface area (Å²) in [5.41, 5.74) is 1.70. The highest BCUT2D eigenvalue weighted by Crippen LogP contribution is 2.54. The molecule has 3 aliphatic rings. The van der Waals surface area contributed by atoms with Crippen LogP contribution in [-0.2, 0) is 10.5 Å². The molecule has 0 fully saturated rings. The van der Waals surface area contributed by atoms with Crippen molar-refractivity contribution in [3.63, 3.8) is 0 Å². The van der Waals surface area contributed by atoms with Crippen molar-refractivity contribution in [3.05, 3.63) is 82.3 Å². The number of fused-ring (bicyclic) bond motifs is 6. The zero-order valence-corrected chi connectivity index (χ0v) is 16.2. The van der Waals surface area contributed by atoms with Gasteiger partial charge in [-0.2, -0.15) is 5.10 Å². The molecule has 0 saturated heterocycles. The average molecular weight is 406 g/mol. The van der Waals surface area contributed by atoms with Crippen molar-refractivity contribution in [2.75, 3.05) is 5.32 Å². The summed E-state index contributed by atoms with van der Waals surface area (Å²) in [6.45, 7) is 1.90. The Morgan fingerprint density at radius 1 is 1.21 bits per heavy atom. The highest BCUT2D eigenvalue weighted by atomic mass is 35.5. The van der Waals surface area contributed by atoms with E-state index in [2.05, 4.69) is 5.32 Å². The van der Waals surface area contributed by atoms with E-state index in [9.17, 15) is 4.79 Å². The summed E-state index contributed by atoms with van der Waals surface area (Å²) in [4.78, 5) is 13.3. The van der Waals surface area contributed by atoms with E-state index >= 15 is 0 Å². The van der Waals surface area contributed by atoms with Gasteiger partial charge in [-0.15, -0.1) is 0 Å². The van der Waals surface area contributed by atoms with E-state index in [4.69, 9.17) is 25.9 Å². The lowest BCUT2D eigenvalue weighted by Crippen LogP contribution is -2.55. The molecular weight excluding hydrogens is 390 g/mol. The van der Waals surface area contributed by atoms with E-state index in [1.165, 1.54) is 0 Å². The van der Waals surface area contributed by atoms with Gasteiger partial charge in [0, 0.05) is 17.0 Å². The molecule has 2 aromatic carbocycles. The Balaban J connectivity index is 1.59. The van der Waals surface area contributed by atoms with Gasteiger partial charge in [-0.3, -0.25) is 4.79 Å². The number of carbonyl (C=O) groups is 1. The van der Waals surface area contributed by atoms with Gasteiger partial charge in [0.15, 0.2) is 0 Å². The van der Waals surface area contributed by atoms with Gasteiger partial charge >= 0.3 is 5.72 Å². The first kappa shape index (κ1) is 16.7. The number of nitrogens with zero attached hydrogens (tertiary/aromatic N) is 2. The minimum absolute atomic E-state index is 0.156. The van der Waals surface area contributed by atoms with Crippen LogP contribution < -0.4 is 10.1 Å². The average Bonchev–Trinajstić information content (AvgIpc) is 3.40. The normalized spacial score (nSPS) is 23.9. The van der Waals surface area contributed by atoms with Crippen LogP contribution in [0.2, 0.25) is 5.02 Å². The molecule has 6 nitrogen and oxygen atoms in total. The van der Waals surface area contributed by atoms with Crippen LogP contribution in [0.15, 0.2) is 64.1 Å². The number of hydrogen-bond acceptors (Lipinski definition) is 5.